The van der Waals surface area contributed by atoms with Crippen molar-refractivity contribution < 1.29 is 14.5 Å². The van der Waals surface area contributed by atoms with Crippen molar-refractivity contribution in [1.29, 1.82) is 0 Å². The number of nitrogens with zero attached hydrogens (tertiary/aromatic N) is 2. The van der Waals surface area contributed by atoms with E-state index in [1.54, 1.807) is 54.6 Å². The number of nitrogens with one attached hydrogen (secondary N) is 1. The van der Waals surface area contributed by atoms with Crippen molar-refractivity contribution in [2.24, 2.45) is 0 Å². The molecule has 0 saturated carbocycles. The number of anilines is 3. The highest BCUT2D eigenvalue weighted by Gasteiger charge is 2.37. The molecule has 0 saturated heterocycles. The van der Waals surface area contributed by atoms with E-state index in [9.17, 15) is 19.7 Å². The first-order valence-electron chi connectivity index (χ1n) is 10.5. The fraction of sp³-hybridized carbons (Fsp3) is 0.0769. The molecule has 0 bridgehead atoms. The number of carbonyl (C=O) groups excluding carboxylic acids is 2. The molecule has 1 N–H and O–H groups in total. The van der Waals surface area contributed by atoms with Crippen LogP contribution in [0.5, 0.6) is 0 Å². The lowest BCUT2D eigenvalue weighted by molar-refractivity contribution is -0.383. The summed E-state index contributed by atoms with van der Waals surface area (Å²) in [7, 11) is 0. The van der Waals surface area contributed by atoms with Crippen LogP contribution < -0.4 is 10.2 Å². The molecule has 1 heterocycles. The number of imide groups is 1. The van der Waals surface area contributed by atoms with E-state index in [1.807, 2.05) is 19.9 Å². The normalized spacial score (nSPS) is 12.9. The van der Waals surface area contributed by atoms with Gasteiger partial charge in [-0.3, -0.25) is 19.7 Å². The maximum atomic E-state index is 13.5. The van der Waals surface area contributed by atoms with Gasteiger partial charge in [0.05, 0.1) is 16.2 Å². The van der Waals surface area contributed by atoms with Crippen LogP contribution in [0.15, 0.2) is 66.7 Å². The van der Waals surface area contributed by atoms with E-state index in [4.69, 9.17) is 11.6 Å². The van der Waals surface area contributed by atoms with Crippen LogP contribution in [-0.2, 0) is 0 Å². The average Bonchev–Trinajstić information content (AvgIpc) is 2.80. The van der Waals surface area contributed by atoms with Crippen LogP contribution in [0.2, 0.25) is 5.02 Å². The molecule has 7 nitrogen and oxygen atoms in total. The number of nitro benzene ring substituents is 1. The van der Waals surface area contributed by atoms with Gasteiger partial charge >= 0.3 is 0 Å². The number of hydrogen-bond acceptors (Lipinski definition) is 5. The Morgan fingerprint density at radius 3 is 2.32 bits per heavy atom. The zero-order valence-corrected chi connectivity index (χ0v) is 19.0. The second-order valence-corrected chi connectivity index (χ2v) is 8.59. The lowest BCUT2D eigenvalue weighted by atomic mass is 9.91. The summed E-state index contributed by atoms with van der Waals surface area (Å²) in [5, 5.41) is 16.4. The molecule has 4 aromatic rings. The first-order valence-corrected chi connectivity index (χ1v) is 10.9. The molecule has 0 fully saturated rings. The molecule has 168 valence electrons. The largest absolute Gasteiger partial charge is 0.349 e. The van der Waals surface area contributed by atoms with Crippen LogP contribution in [0.3, 0.4) is 0 Å². The van der Waals surface area contributed by atoms with Crippen molar-refractivity contribution in [3.8, 4) is 0 Å². The number of carbonyl (C=O) groups is 2. The predicted octanol–water partition coefficient (Wildman–Crippen LogP) is 6.56. The van der Waals surface area contributed by atoms with Crippen molar-refractivity contribution in [2.75, 3.05) is 10.2 Å². The molecule has 1 aliphatic rings. The monoisotopic (exact) mass is 471 g/mol. The third kappa shape index (κ3) is 3.38. The van der Waals surface area contributed by atoms with Gasteiger partial charge in [0.2, 0.25) is 0 Å². The Kier molecular flexibility index (Phi) is 5.06. The quantitative estimate of drug-likeness (QED) is 0.206. The Morgan fingerprint density at radius 1 is 0.882 bits per heavy atom. The van der Waals surface area contributed by atoms with Gasteiger partial charge in [0, 0.05) is 33.1 Å². The van der Waals surface area contributed by atoms with Gasteiger partial charge in [0.1, 0.15) is 5.69 Å². The second kappa shape index (κ2) is 7.97. The highest BCUT2D eigenvalue weighted by atomic mass is 35.5. The number of nitro groups is 1. The third-order valence-electron chi connectivity index (χ3n) is 6.05. The molecular weight excluding hydrogens is 454 g/mol. The summed E-state index contributed by atoms with van der Waals surface area (Å²) in [6, 6.07) is 18.3. The first-order chi connectivity index (χ1) is 16.3. The number of aryl methyl sites for hydroxylation is 2. The van der Waals surface area contributed by atoms with Crippen molar-refractivity contribution in [2.45, 2.75) is 13.8 Å². The van der Waals surface area contributed by atoms with Crippen molar-refractivity contribution >= 4 is 56.9 Å². The van der Waals surface area contributed by atoms with E-state index in [0.29, 0.717) is 32.7 Å². The van der Waals surface area contributed by atoms with Gasteiger partial charge in [-0.15, -0.1) is 0 Å². The number of hydrogen-bond donors (Lipinski definition) is 1. The molecule has 0 aromatic heterocycles. The molecule has 8 heteroatoms. The van der Waals surface area contributed by atoms with Crippen molar-refractivity contribution in [3.63, 3.8) is 0 Å². The molecule has 0 aliphatic carbocycles. The highest BCUT2D eigenvalue weighted by Crippen LogP contribution is 2.42. The predicted molar refractivity (Wildman–Crippen MR) is 132 cm³/mol. The second-order valence-electron chi connectivity index (χ2n) is 8.15. The summed E-state index contributed by atoms with van der Waals surface area (Å²) in [6.45, 7) is 3.83. The third-order valence-corrected chi connectivity index (χ3v) is 6.28. The van der Waals surface area contributed by atoms with Crippen LogP contribution >= 0.6 is 11.6 Å². The van der Waals surface area contributed by atoms with Crippen molar-refractivity contribution in [1.82, 2.24) is 0 Å². The Balaban J connectivity index is 1.75. The van der Waals surface area contributed by atoms with Crippen molar-refractivity contribution in [3.05, 3.63) is 104 Å². The fourth-order valence-electron chi connectivity index (χ4n) is 4.24. The van der Waals surface area contributed by atoms with Crippen LogP contribution in [0, 0.1) is 24.0 Å². The van der Waals surface area contributed by atoms with Crippen LogP contribution in [-0.4, -0.2) is 16.7 Å². The molecule has 0 radical (unpaired) electrons. The number of benzene rings is 4. The van der Waals surface area contributed by atoms with E-state index in [0.717, 1.165) is 16.0 Å². The zero-order chi connectivity index (χ0) is 24.1. The highest BCUT2D eigenvalue weighted by molar-refractivity contribution is 6.37. The van der Waals surface area contributed by atoms with Crippen LogP contribution in [0.4, 0.5) is 22.7 Å². The van der Waals surface area contributed by atoms with E-state index in [1.165, 1.54) is 6.07 Å². The minimum atomic E-state index is -0.602. The van der Waals surface area contributed by atoms with E-state index >= 15 is 0 Å². The number of amides is 2. The summed E-state index contributed by atoms with van der Waals surface area (Å²) >= 11 is 6.08. The maximum absolute atomic E-state index is 13.5. The summed E-state index contributed by atoms with van der Waals surface area (Å²) in [6.07, 6.45) is 0. The topological polar surface area (TPSA) is 92.6 Å². The molecule has 0 spiro atoms. The molecular formula is C26H18ClN3O4. The summed E-state index contributed by atoms with van der Waals surface area (Å²) in [5.41, 5.74) is 3.23. The summed E-state index contributed by atoms with van der Waals surface area (Å²) in [5.74, 6) is -1.08. The maximum Gasteiger partial charge on any atom is 0.294 e. The van der Waals surface area contributed by atoms with Gasteiger partial charge in [0.15, 0.2) is 0 Å². The van der Waals surface area contributed by atoms with Gasteiger partial charge in [-0.1, -0.05) is 35.9 Å². The summed E-state index contributed by atoms with van der Waals surface area (Å²) in [4.78, 5) is 39.6. The van der Waals surface area contributed by atoms with E-state index in [2.05, 4.69) is 5.32 Å². The molecule has 2 amide bonds. The number of halogens is 1. The van der Waals surface area contributed by atoms with Gasteiger partial charge in [-0.05, 0) is 61.4 Å². The lowest BCUT2D eigenvalue weighted by Crippen LogP contribution is -2.40. The van der Waals surface area contributed by atoms with Crippen LogP contribution in [0.1, 0.15) is 31.8 Å². The Bertz CT molecular complexity index is 1550. The Hall–Kier alpha value is -4.23. The lowest BCUT2D eigenvalue weighted by Gasteiger charge is -2.28. The Labute approximate surface area is 199 Å². The molecule has 1 aliphatic heterocycles. The van der Waals surface area contributed by atoms with Crippen LogP contribution in [0.25, 0.3) is 10.8 Å². The molecule has 5 rings (SSSR count). The molecule has 0 atom stereocenters. The van der Waals surface area contributed by atoms with E-state index in [-0.39, 0.29) is 16.9 Å². The van der Waals surface area contributed by atoms with Gasteiger partial charge in [-0.2, -0.15) is 0 Å². The van der Waals surface area contributed by atoms with Gasteiger partial charge in [-0.25, -0.2) is 4.90 Å². The van der Waals surface area contributed by atoms with E-state index < -0.39 is 16.7 Å². The minimum absolute atomic E-state index is 0.103. The molecule has 34 heavy (non-hydrogen) atoms. The summed E-state index contributed by atoms with van der Waals surface area (Å²) < 4.78 is 0. The van der Waals surface area contributed by atoms with Gasteiger partial charge in [0.25, 0.3) is 17.5 Å². The van der Waals surface area contributed by atoms with Gasteiger partial charge < -0.3 is 5.32 Å². The standard InChI is InChI=1S/C26H18ClN3O4/c1-14-9-10-18(11-15(14)2)29-25(31)20-8-4-7-19-23(20)21(26(29)32)13-22(30(33)34)24(19)28-17-6-3-5-16(27)12-17/h3-13,28H,1-2H3. The fourth-order valence-corrected chi connectivity index (χ4v) is 4.43. The average molecular weight is 472 g/mol. The number of rotatable bonds is 4. The smallest absolute Gasteiger partial charge is 0.294 e. The Morgan fingerprint density at radius 2 is 1.62 bits per heavy atom. The first kappa shape index (κ1) is 21.6. The zero-order valence-electron chi connectivity index (χ0n) is 18.3. The molecule has 4 aromatic carbocycles. The minimum Gasteiger partial charge on any atom is -0.349 e. The SMILES string of the molecule is Cc1ccc(N2C(=O)c3cccc4c(Nc5cccc(Cl)c5)c([N+](=O)[O-])cc(c34)C2=O)cc1C. The molecule has 0 unspecified atom stereocenters.